The molecule has 0 aliphatic carbocycles. The molecule has 1 aromatic carbocycles. The van der Waals surface area contributed by atoms with Crippen molar-refractivity contribution in [2.45, 2.75) is 6.54 Å². The lowest BCUT2D eigenvalue weighted by atomic mass is 10.2. The maximum absolute atomic E-state index is 5.89. The summed E-state index contributed by atoms with van der Waals surface area (Å²) >= 11 is 7.59. The zero-order valence-corrected chi connectivity index (χ0v) is 11.2. The highest BCUT2D eigenvalue weighted by Gasteiger charge is 2.06. The molecule has 2 nitrogen and oxygen atoms in total. The summed E-state index contributed by atoms with van der Waals surface area (Å²) in [5, 5.41) is 2.83. The Morgan fingerprint density at radius 1 is 1.17 bits per heavy atom. The SMILES string of the molecule is Clc1ccc(Cn2ccnc2-c2cccs2)cc1. The van der Waals surface area contributed by atoms with Gasteiger partial charge in [0.15, 0.2) is 0 Å². The summed E-state index contributed by atoms with van der Waals surface area (Å²) in [5.74, 6) is 1.01. The first kappa shape index (κ1) is 11.5. The van der Waals surface area contributed by atoms with Crippen molar-refractivity contribution < 1.29 is 0 Å². The summed E-state index contributed by atoms with van der Waals surface area (Å²) in [6.07, 6.45) is 3.84. The van der Waals surface area contributed by atoms with Crippen LogP contribution in [0.1, 0.15) is 5.56 Å². The van der Waals surface area contributed by atoms with Crippen LogP contribution in [-0.4, -0.2) is 9.55 Å². The van der Waals surface area contributed by atoms with Crippen LogP contribution in [-0.2, 0) is 6.54 Å². The molecular weight excluding hydrogens is 264 g/mol. The van der Waals surface area contributed by atoms with Crippen LogP contribution in [0, 0.1) is 0 Å². The van der Waals surface area contributed by atoms with Crippen LogP contribution in [0.2, 0.25) is 5.02 Å². The van der Waals surface area contributed by atoms with Gasteiger partial charge in [0.05, 0.1) is 4.88 Å². The molecule has 0 bridgehead atoms. The molecule has 18 heavy (non-hydrogen) atoms. The average molecular weight is 275 g/mol. The normalized spacial score (nSPS) is 10.7. The molecule has 3 rings (SSSR count). The predicted octanol–water partition coefficient (Wildman–Crippen LogP) is 4.31. The quantitative estimate of drug-likeness (QED) is 0.696. The Bertz CT molecular complexity index is 626. The average Bonchev–Trinajstić information content (AvgIpc) is 3.02. The summed E-state index contributed by atoms with van der Waals surface area (Å²) in [4.78, 5) is 5.61. The number of aromatic nitrogens is 2. The number of rotatable bonds is 3. The Balaban J connectivity index is 1.90. The number of nitrogens with zero attached hydrogens (tertiary/aromatic N) is 2. The van der Waals surface area contributed by atoms with Gasteiger partial charge in [-0.25, -0.2) is 4.98 Å². The zero-order valence-electron chi connectivity index (χ0n) is 9.58. The maximum atomic E-state index is 5.89. The van der Waals surface area contributed by atoms with Crippen LogP contribution in [0.4, 0.5) is 0 Å². The molecule has 90 valence electrons. The summed E-state index contributed by atoms with van der Waals surface area (Å²) in [7, 11) is 0. The summed E-state index contributed by atoms with van der Waals surface area (Å²) in [6.45, 7) is 0.810. The van der Waals surface area contributed by atoms with Gasteiger partial charge in [-0.2, -0.15) is 0 Å². The van der Waals surface area contributed by atoms with Crippen molar-refractivity contribution in [2.24, 2.45) is 0 Å². The van der Waals surface area contributed by atoms with E-state index in [1.807, 2.05) is 42.7 Å². The maximum Gasteiger partial charge on any atom is 0.150 e. The van der Waals surface area contributed by atoms with Crippen molar-refractivity contribution in [1.29, 1.82) is 0 Å². The fraction of sp³-hybridized carbons (Fsp3) is 0.0714. The van der Waals surface area contributed by atoms with Gasteiger partial charge in [-0.3, -0.25) is 0 Å². The minimum atomic E-state index is 0.767. The van der Waals surface area contributed by atoms with Gasteiger partial charge in [0, 0.05) is 24.0 Å². The van der Waals surface area contributed by atoms with E-state index in [1.165, 1.54) is 10.4 Å². The predicted molar refractivity (Wildman–Crippen MR) is 76.1 cm³/mol. The van der Waals surface area contributed by atoms with E-state index in [4.69, 9.17) is 11.6 Å². The van der Waals surface area contributed by atoms with Crippen molar-refractivity contribution in [3.63, 3.8) is 0 Å². The lowest BCUT2D eigenvalue weighted by Gasteiger charge is -2.06. The van der Waals surface area contributed by atoms with Gasteiger partial charge in [-0.05, 0) is 29.1 Å². The van der Waals surface area contributed by atoms with Crippen LogP contribution in [0.3, 0.4) is 0 Å². The molecule has 2 aromatic heterocycles. The van der Waals surface area contributed by atoms with Crippen molar-refractivity contribution in [1.82, 2.24) is 9.55 Å². The first-order valence-electron chi connectivity index (χ1n) is 5.62. The summed E-state index contributed by atoms with van der Waals surface area (Å²) in [6, 6.07) is 12.0. The molecule has 0 atom stereocenters. The Hall–Kier alpha value is -1.58. The highest BCUT2D eigenvalue weighted by Crippen LogP contribution is 2.23. The van der Waals surface area contributed by atoms with E-state index in [2.05, 4.69) is 21.0 Å². The monoisotopic (exact) mass is 274 g/mol. The van der Waals surface area contributed by atoms with Crippen molar-refractivity contribution in [3.8, 4) is 10.7 Å². The Labute approximate surface area is 114 Å². The lowest BCUT2D eigenvalue weighted by Crippen LogP contribution is -2.00. The van der Waals surface area contributed by atoms with E-state index in [9.17, 15) is 0 Å². The molecule has 0 saturated carbocycles. The molecule has 3 aromatic rings. The molecular formula is C14H11ClN2S. The third-order valence-electron chi connectivity index (χ3n) is 2.72. The first-order valence-corrected chi connectivity index (χ1v) is 6.88. The second-order valence-electron chi connectivity index (χ2n) is 3.98. The fourth-order valence-electron chi connectivity index (χ4n) is 1.85. The van der Waals surface area contributed by atoms with Crippen molar-refractivity contribution in [3.05, 3.63) is 64.8 Å². The summed E-state index contributed by atoms with van der Waals surface area (Å²) in [5.41, 5.74) is 1.22. The largest absolute Gasteiger partial charge is 0.326 e. The van der Waals surface area contributed by atoms with Crippen molar-refractivity contribution >= 4 is 22.9 Å². The smallest absolute Gasteiger partial charge is 0.150 e. The van der Waals surface area contributed by atoms with E-state index in [0.717, 1.165) is 17.4 Å². The number of hydrogen-bond acceptors (Lipinski definition) is 2. The van der Waals surface area contributed by atoms with Gasteiger partial charge in [-0.1, -0.05) is 29.8 Å². The summed E-state index contributed by atoms with van der Waals surface area (Å²) < 4.78 is 2.15. The van der Waals surface area contributed by atoms with E-state index >= 15 is 0 Å². The second-order valence-corrected chi connectivity index (χ2v) is 5.37. The zero-order chi connectivity index (χ0) is 12.4. The molecule has 0 aliphatic rings. The van der Waals surface area contributed by atoms with Gasteiger partial charge >= 0.3 is 0 Å². The molecule has 4 heteroatoms. The van der Waals surface area contributed by atoms with Gasteiger partial charge in [-0.15, -0.1) is 11.3 Å². The number of benzene rings is 1. The molecule has 0 amide bonds. The molecule has 0 radical (unpaired) electrons. The molecule has 2 heterocycles. The number of hydrogen-bond donors (Lipinski definition) is 0. The molecule has 0 aliphatic heterocycles. The third kappa shape index (κ3) is 2.33. The molecule has 0 unspecified atom stereocenters. The fourth-order valence-corrected chi connectivity index (χ4v) is 2.72. The van der Waals surface area contributed by atoms with Gasteiger partial charge < -0.3 is 4.57 Å². The molecule has 0 spiro atoms. The first-order chi connectivity index (χ1) is 8.83. The highest BCUT2D eigenvalue weighted by molar-refractivity contribution is 7.13. The minimum Gasteiger partial charge on any atom is -0.326 e. The highest BCUT2D eigenvalue weighted by atomic mass is 35.5. The van der Waals surface area contributed by atoms with Crippen LogP contribution < -0.4 is 0 Å². The lowest BCUT2D eigenvalue weighted by molar-refractivity contribution is 0.809. The van der Waals surface area contributed by atoms with Crippen LogP contribution >= 0.6 is 22.9 Å². The second kappa shape index (κ2) is 4.96. The Kier molecular flexibility index (Phi) is 3.17. The van der Waals surface area contributed by atoms with E-state index in [1.54, 1.807) is 11.3 Å². The Morgan fingerprint density at radius 3 is 2.72 bits per heavy atom. The van der Waals surface area contributed by atoms with Gasteiger partial charge in [0.25, 0.3) is 0 Å². The molecule has 0 fully saturated rings. The third-order valence-corrected chi connectivity index (χ3v) is 3.84. The van der Waals surface area contributed by atoms with Gasteiger partial charge in [0.2, 0.25) is 0 Å². The number of halogens is 1. The number of thiophene rings is 1. The minimum absolute atomic E-state index is 0.767. The number of imidazole rings is 1. The van der Waals surface area contributed by atoms with Crippen LogP contribution in [0.25, 0.3) is 10.7 Å². The van der Waals surface area contributed by atoms with Crippen LogP contribution in [0.5, 0.6) is 0 Å². The Morgan fingerprint density at radius 2 is 2.00 bits per heavy atom. The van der Waals surface area contributed by atoms with E-state index in [-0.39, 0.29) is 0 Å². The molecule has 0 saturated heterocycles. The van der Waals surface area contributed by atoms with Crippen molar-refractivity contribution in [2.75, 3.05) is 0 Å². The van der Waals surface area contributed by atoms with E-state index in [0.29, 0.717) is 0 Å². The standard InChI is InChI=1S/C14H11ClN2S/c15-12-5-3-11(4-6-12)10-17-8-7-16-14(17)13-2-1-9-18-13/h1-9H,10H2. The topological polar surface area (TPSA) is 17.8 Å². The van der Waals surface area contributed by atoms with Crippen LogP contribution in [0.15, 0.2) is 54.2 Å². The molecule has 0 N–H and O–H groups in total. The van der Waals surface area contributed by atoms with Gasteiger partial charge in [0.1, 0.15) is 5.82 Å². The van der Waals surface area contributed by atoms with E-state index < -0.39 is 0 Å².